The van der Waals surface area contributed by atoms with E-state index in [1.54, 1.807) is 24.3 Å². The lowest BCUT2D eigenvalue weighted by atomic mass is 9.89. The van der Waals surface area contributed by atoms with Crippen molar-refractivity contribution in [3.8, 4) is 34.4 Å². The highest BCUT2D eigenvalue weighted by Gasteiger charge is 2.39. The number of amides is 1. The molecule has 6 aromatic rings. The van der Waals surface area contributed by atoms with Gasteiger partial charge >= 0.3 is 5.97 Å². The summed E-state index contributed by atoms with van der Waals surface area (Å²) in [4.78, 5) is 30.1. The highest BCUT2D eigenvalue weighted by Crippen LogP contribution is 2.43. The number of carbonyl (C=O) groups is 2. The topological polar surface area (TPSA) is 110 Å². The maximum atomic E-state index is 14.6. The highest BCUT2D eigenvalue weighted by molar-refractivity contribution is 6.42. The van der Waals surface area contributed by atoms with E-state index in [-0.39, 0.29) is 24.5 Å². The molecule has 9 nitrogen and oxygen atoms in total. The van der Waals surface area contributed by atoms with E-state index in [1.807, 2.05) is 97.1 Å². The molecule has 0 saturated carbocycles. The molecule has 1 N–H and O–H groups in total. The summed E-state index contributed by atoms with van der Waals surface area (Å²) in [5.74, 6) is 1.20. The number of benzene rings is 6. The highest BCUT2D eigenvalue weighted by atomic mass is 35.5. The van der Waals surface area contributed by atoms with Crippen LogP contribution in [0.2, 0.25) is 10.0 Å². The molecule has 0 aromatic heterocycles. The van der Waals surface area contributed by atoms with Crippen molar-refractivity contribution in [3.63, 3.8) is 0 Å². The Hall–Kier alpha value is -6.31. The second-order valence-corrected chi connectivity index (χ2v) is 16.3. The minimum atomic E-state index is -0.909. The molecule has 0 radical (unpaired) electrons. The van der Waals surface area contributed by atoms with Crippen LogP contribution in [0.3, 0.4) is 0 Å². The summed E-state index contributed by atoms with van der Waals surface area (Å²) >= 11 is 12.2. The zero-order valence-corrected chi connectivity index (χ0v) is 35.9. The SMILES string of the molecule is CCC(c1ccccc1)N1Cc2cc3c(cc2C[C@H]1C(=O)NC(Cc1ccc(-c2ccc(C#N)cc2)cc1)C(=O)OC)OC[C@H](c1ccc(OCc2ccc(Cl)c(Cl)c2)cc1)O3. The number of methoxy groups -OCH3 is 1. The summed E-state index contributed by atoms with van der Waals surface area (Å²) in [6, 6.07) is 43.2. The van der Waals surface area contributed by atoms with Gasteiger partial charge in [0.05, 0.1) is 34.8 Å². The maximum Gasteiger partial charge on any atom is 0.328 e. The fourth-order valence-electron chi connectivity index (χ4n) is 8.23. The number of fused-ring (bicyclic) bond motifs is 2. The molecule has 314 valence electrons. The minimum absolute atomic E-state index is 0.0789. The van der Waals surface area contributed by atoms with Gasteiger partial charge in [-0.2, -0.15) is 5.26 Å². The molecule has 2 heterocycles. The number of hydrogen-bond acceptors (Lipinski definition) is 8. The molecule has 0 fully saturated rings. The second kappa shape index (κ2) is 19.2. The zero-order valence-electron chi connectivity index (χ0n) is 34.4. The summed E-state index contributed by atoms with van der Waals surface area (Å²) in [7, 11) is 1.34. The monoisotopic (exact) mass is 865 g/mol. The van der Waals surface area contributed by atoms with Gasteiger partial charge in [0.15, 0.2) is 17.6 Å². The lowest BCUT2D eigenvalue weighted by Gasteiger charge is -2.42. The molecule has 0 bridgehead atoms. The number of esters is 1. The van der Waals surface area contributed by atoms with Gasteiger partial charge in [-0.15, -0.1) is 0 Å². The fourth-order valence-corrected chi connectivity index (χ4v) is 8.55. The Bertz CT molecular complexity index is 2580. The molecular weight excluding hydrogens is 821 g/mol. The molecule has 11 heteroatoms. The molecule has 2 aliphatic rings. The molecule has 1 amide bonds. The molecule has 2 aliphatic heterocycles. The molecular formula is C51H45Cl2N3O6. The van der Waals surface area contributed by atoms with Crippen LogP contribution in [-0.4, -0.2) is 42.6 Å². The first kappa shape index (κ1) is 42.4. The molecule has 0 spiro atoms. The van der Waals surface area contributed by atoms with Crippen molar-refractivity contribution in [1.82, 2.24) is 10.2 Å². The van der Waals surface area contributed by atoms with Crippen molar-refractivity contribution in [2.45, 2.75) is 63.6 Å². The lowest BCUT2D eigenvalue weighted by molar-refractivity contribution is -0.146. The Morgan fingerprint density at radius 3 is 2.21 bits per heavy atom. The van der Waals surface area contributed by atoms with Crippen LogP contribution in [-0.2, 0) is 40.3 Å². The average molecular weight is 867 g/mol. The van der Waals surface area contributed by atoms with Gasteiger partial charge in [-0.25, -0.2) is 4.79 Å². The summed E-state index contributed by atoms with van der Waals surface area (Å²) in [6.45, 7) is 3.27. The van der Waals surface area contributed by atoms with Crippen molar-refractivity contribution in [2.75, 3.05) is 13.7 Å². The Morgan fingerprint density at radius 2 is 1.53 bits per heavy atom. The number of nitriles is 1. The number of rotatable bonds is 13. The molecule has 4 atom stereocenters. The van der Waals surface area contributed by atoms with E-state index < -0.39 is 18.1 Å². The van der Waals surface area contributed by atoms with Gasteiger partial charge in [-0.05, 0) is 106 Å². The largest absolute Gasteiger partial charge is 0.489 e. The Kier molecular flexibility index (Phi) is 13.1. The third-order valence-corrected chi connectivity index (χ3v) is 12.3. The fraction of sp³-hybridized carbons (Fsp3) is 0.235. The summed E-state index contributed by atoms with van der Waals surface area (Å²) in [5.41, 5.74) is 8.41. The van der Waals surface area contributed by atoms with Gasteiger partial charge in [0.2, 0.25) is 5.91 Å². The van der Waals surface area contributed by atoms with Crippen LogP contribution in [0.4, 0.5) is 0 Å². The van der Waals surface area contributed by atoms with E-state index in [0.29, 0.717) is 59.0 Å². The molecule has 62 heavy (non-hydrogen) atoms. The lowest BCUT2D eigenvalue weighted by Crippen LogP contribution is -2.55. The predicted octanol–water partition coefficient (Wildman–Crippen LogP) is 10.4. The van der Waals surface area contributed by atoms with Crippen LogP contribution < -0.4 is 19.5 Å². The van der Waals surface area contributed by atoms with E-state index in [2.05, 4.69) is 35.3 Å². The molecule has 2 unspecified atom stereocenters. The number of nitrogens with zero attached hydrogens (tertiary/aromatic N) is 2. The first-order valence-electron chi connectivity index (χ1n) is 20.6. The van der Waals surface area contributed by atoms with Gasteiger partial charge in [-0.3, -0.25) is 9.69 Å². The van der Waals surface area contributed by atoms with E-state index in [4.69, 9.17) is 42.1 Å². The van der Waals surface area contributed by atoms with Crippen LogP contribution in [0.1, 0.15) is 64.4 Å². The molecule has 0 aliphatic carbocycles. The van der Waals surface area contributed by atoms with E-state index in [9.17, 15) is 14.9 Å². The van der Waals surface area contributed by atoms with Crippen molar-refractivity contribution < 1.29 is 28.5 Å². The van der Waals surface area contributed by atoms with Crippen LogP contribution in [0.5, 0.6) is 17.2 Å². The first-order chi connectivity index (χ1) is 30.2. The number of halogens is 2. The zero-order chi connectivity index (χ0) is 43.2. The molecule has 0 saturated heterocycles. The van der Waals surface area contributed by atoms with Crippen molar-refractivity contribution >= 4 is 35.1 Å². The predicted molar refractivity (Wildman–Crippen MR) is 239 cm³/mol. The molecule has 6 aromatic carbocycles. The normalized spacial score (nSPS) is 16.6. The Balaban J connectivity index is 0.996. The average Bonchev–Trinajstić information content (AvgIpc) is 3.31. The first-order valence-corrected chi connectivity index (χ1v) is 21.4. The van der Waals surface area contributed by atoms with E-state index >= 15 is 0 Å². The third kappa shape index (κ3) is 9.59. The van der Waals surface area contributed by atoms with Gasteiger partial charge in [0, 0.05) is 19.0 Å². The van der Waals surface area contributed by atoms with Crippen LogP contribution >= 0.6 is 23.2 Å². The number of carbonyl (C=O) groups excluding carboxylic acids is 2. The Labute approximate surface area is 371 Å². The number of hydrogen-bond donors (Lipinski definition) is 1. The Morgan fingerprint density at radius 1 is 0.839 bits per heavy atom. The summed E-state index contributed by atoms with van der Waals surface area (Å²) in [6.07, 6.45) is 1.08. The summed E-state index contributed by atoms with van der Waals surface area (Å²) in [5, 5.41) is 13.2. The number of nitrogens with one attached hydrogen (secondary N) is 1. The van der Waals surface area contributed by atoms with Gasteiger partial charge < -0.3 is 24.3 Å². The van der Waals surface area contributed by atoms with E-state index in [1.165, 1.54) is 7.11 Å². The summed E-state index contributed by atoms with van der Waals surface area (Å²) < 4.78 is 24.1. The maximum absolute atomic E-state index is 14.6. The van der Waals surface area contributed by atoms with Gasteiger partial charge in [0.25, 0.3) is 0 Å². The van der Waals surface area contributed by atoms with Crippen molar-refractivity contribution in [2.24, 2.45) is 0 Å². The quantitative estimate of drug-likeness (QED) is 0.114. The third-order valence-electron chi connectivity index (χ3n) is 11.6. The van der Waals surface area contributed by atoms with Crippen LogP contribution in [0, 0.1) is 11.3 Å². The van der Waals surface area contributed by atoms with Gasteiger partial charge in [-0.1, -0.05) is 115 Å². The van der Waals surface area contributed by atoms with Crippen molar-refractivity contribution in [1.29, 1.82) is 5.26 Å². The molecule has 8 rings (SSSR count). The van der Waals surface area contributed by atoms with Crippen molar-refractivity contribution in [3.05, 3.63) is 182 Å². The smallest absolute Gasteiger partial charge is 0.328 e. The number of ether oxygens (including phenoxy) is 4. The second-order valence-electron chi connectivity index (χ2n) is 15.5. The van der Waals surface area contributed by atoms with Gasteiger partial charge in [0.1, 0.15) is 25.0 Å². The van der Waals surface area contributed by atoms with Crippen LogP contribution in [0.15, 0.2) is 133 Å². The van der Waals surface area contributed by atoms with E-state index in [0.717, 1.165) is 50.9 Å². The standard InChI is InChI=1S/C51H45Cl2N3O6/c1-3-45(37-7-5-4-6-8-37)56-29-40-27-48-47(61-31-49(62-48)38-18-20-41(21-19-38)60-30-34-13-22-42(52)43(53)23-34)26-39(40)25-46(56)50(57)55-44(51(58)59-2)24-32-9-14-35(15-10-32)36-16-11-33(28-54)12-17-36/h4-23,26-27,44-46,49H,3,24-25,29-31H2,1-2H3,(H,55,57)/t44?,45?,46-,49+/m0/s1. The minimum Gasteiger partial charge on any atom is -0.489 e. The van der Waals surface area contributed by atoms with Crippen LogP contribution in [0.25, 0.3) is 11.1 Å².